The van der Waals surface area contributed by atoms with Crippen molar-refractivity contribution in [2.45, 2.75) is 25.3 Å². The largest absolute Gasteiger partial charge is 2.00 e. The molecule has 52 valence electrons. The van der Waals surface area contributed by atoms with E-state index in [1.165, 1.54) is 5.67 Å². The molecule has 0 unspecified atom stereocenters. The van der Waals surface area contributed by atoms with Crippen LogP contribution in [-0.2, 0) is 0 Å². The second-order valence-electron chi connectivity index (χ2n) is 3.16. The third kappa shape index (κ3) is 17.7. The molecule has 0 saturated heterocycles. The Labute approximate surface area is 84.6 Å². The Hall–Kier alpha value is 1.49. The van der Waals surface area contributed by atoms with Gasteiger partial charge in [0.05, 0.1) is 0 Å². The van der Waals surface area contributed by atoms with Crippen molar-refractivity contribution in [3.63, 3.8) is 0 Å². The van der Waals surface area contributed by atoms with Crippen molar-refractivity contribution >= 4 is 40.6 Å². The molecule has 0 atom stereocenters. The molecule has 0 aromatic rings. The molecule has 0 radical (unpaired) electrons. The first-order valence-corrected chi connectivity index (χ1v) is 8.56. The van der Waals surface area contributed by atoms with E-state index in [9.17, 15) is 0 Å². The molecule has 0 aliphatic heterocycles. The van der Waals surface area contributed by atoms with Gasteiger partial charge in [0.25, 0.3) is 0 Å². The molecule has 0 nitrogen and oxygen atoms in total. The van der Waals surface area contributed by atoms with E-state index in [4.69, 9.17) is 0 Å². The summed E-state index contributed by atoms with van der Waals surface area (Å²) in [5.41, 5.74) is 1.51. The van der Waals surface area contributed by atoms with Gasteiger partial charge in [-0.2, -0.15) is 0 Å². The molecule has 0 heterocycles. The third-order valence-corrected chi connectivity index (χ3v) is 8.34. The van der Waals surface area contributed by atoms with Crippen LogP contribution in [-0.4, -0.2) is 40.6 Å². The van der Waals surface area contributed by atoms with E-state index in [-0.39, 0.29) is 45.0 Å². The van der Waals surface area contributed by atoms with Crippen molar-refractivity contribution in [1.82, 2.24) is 0 Å². The van der Waals surface area contributed by atoms with Crippen LogP contribution in [0.3, 0.4) is 0 Å². The minimum absolute atomic E-state index is 0. The summed E-state index contributed by atoms with van der Waals surface area (Å²) in [6, 6.07) is 0. The van der Waals surface area contributed by atoms with Crippen molar-refractivity contribution < 1.29 is 12.4 Å². The number of rotatable bonds is 2. The molecule has 0 fully saturated rings. The second kappa shape index (κ2) is 7.60. The SMILES string of the molecule is [CH2-][SiH2]C[Si](C)(C)C.[Cl-].[Mg+2]. The van der Waals surface area contributed by atoms with Crippen molar-refractivity contribution in [1.29, 1.82) is 0 Å². The van der Waals surface area contributed by atoms with Crippen LogP contribution < -0.4 is 12.4 Å². The van der Waals surface area contributed by atoms with Gasteiger partial charge in [-0.25, -0.2) is 0 Å². The third-order valence-electron chi connectivity index (χ3n) is 0.927. The van der Waals surface area contributed by atoms with Gasteiger partial charge in [-0.05, 0) is 0 Å². The Kier molecular flexibility index (Phi) is 14.2. The fraction of sp³-hybridized carbons (Fsp3) is 0.800. The summed E-state index contributed by atoms with van der Waals surface area (Å²) in [7, 11) is -0.536. The molecule has 0 bridgehead atoms. The van der Waals surface area contributed by atoms with E-state index in [1.807, 2.05) is 0 Å². The van der Waals surface area contributed by atoms with Gasteiger partial charge in [-0.15, -0.1) is 9.52 Å². The molecule has 0 aromatic carbocycles. The molecular formula is C5H15ClMgSi2. The van der Waals surface area contributed by atoms with Crippen LogP contribution in [0.5, 0.6) is 0 Å². The number of halogens is 1. The van der Waals surface area contributed by atoms with Gasteiger partial charge in [0.15, 0.2) is 0 Å². The Morgan fingerprint density at radius 2 is 1.67 bits per heavy atom. The first-order chi connectivity index (χ1) is 3.06. The van der Waals surface area contributed by atoms with E-state index in [1.54, 1.807) is 0 Å². The van der Waals surface area contributed by atoms with Crippen LogP contribution in [0.4, 0.5) is 0 Å². The van der Waals surface area contributed by atoms with Gasteiger partial charge >= 0.3 is 23.1 Å². The van der Waals surface area contributed by atoms with Crippen molar-refractivity contribution in [3.05, 3.63) is 6.55 Å². The molecule has 0 aliphatic rings. The number of hydrogen-bond donors (Lipinski definition) is 0. The summed E-state index contributed by atoms with van der Waals surface area (Å²) in [6.07, 6.45) is 0. The molecule has 0 amide bonds. The second-order valence-corrected chi connectivity index (χ2v) is 11.0. The summed E-state index contributed by atoms with van der Waals surface area (Å²) >= 11 is 0. The van der Waals surface area contributed by atoms with E-state index in [2.05, 4.69) is 26.2 Å². The molecule has 9 heavy (non-hydrogen) atoms. The first-order valence-electron chi connectivity index (χ1n) is 2.85. The van der Waals surface area contributed by atoms with E-state index >= 15 is 0 Å². The molecular weight excluding hydrogens is 176 g/mol. The summed E-state index contributed by atoms with van der Waals surface area (Å²) in [6.45, 7) is 11.2. The minimum Gasteiger partial charge on any atom is -1.00 e. The quantitative estimate of drug-likeness (QED) is 0.345. The molecule has 4 heteroatoms. The smallest absolute Gasteiger partial charge is 1.00 e. The minimum atomic E-state index is -0.658. The topological polar surface area (TPSA) is 0 Å². The average Bonchev–Trinajstić information content (AvgIpc) is 1.30. The summed E-state index contributed by atoms with van der Waals surface area (Å²) in [5, 5.41) is 0. The van der Waals surface area contributed by atoms with Crippen LogP contribution in [0.1, 0.15) is 0 Å². The van der Waals surface area contributed by atoms with Gasteiger partial charge < -0.3 is 19.0 Å². The fourth-order valence-corrected chi connectivity index (χ4v) is 4.77. The van der Waals surface area contributed by atoms with Gasteiger partial charge in [-0.3, -0.25) is 0 Å². The maximum absolute atomic E-state index is 3.94. The van der Waals surface area contributed by atoms with Crippen LogP contribution in [0.25, 0.3) is 0 Å². The van der Waals surface area contributed by atoms with Gasteiger partial charge in [0.1, 0.15) is 0 Å². The average molecular weight is 191 g/mol. The summed E-state index contributed by atoms with van der Waals surface area (Å²) in [4.78, 5) is 0. The zero-order valence-corrected chi connectivity index (χ0v) is 11.3. The zero-order valence-electron chi connectivity index (χ0n) is 6.71. The molecule has 0 aliphatic carbocycles. The molecule has 0 aromatic heterocycles. The molecule has 0 spiro atoms. The van der Waals surface area contributed by atoms with Gasteiger partial charge in [-0.1, -0.05) is 25.3 Å². The van der Waals surface area contributed by atoms with E-state index in [0.717, 1.165) is 0 Å². The predicted octanol–water partition coefficient (Wildman–Crippen LogP) is -2.13. The predicted molar refractivity (Wildman–Crippen MR) is 47.8 cm³/mol. The Morgan fingerprint density at radius 1 is 1.33 bits per heavy atom. The van der Waals surface area contributed by atoms with Crippen LogP contribution >= 0.6 is 0 Å². The van der Waals surface area contributed by atoms with Crippen molar-refractivity contribution in [3.8, 4) is 0 Å². The van der Waals surface area contributed by atoms with E-state index in [0.29, 0.717) is 0 Å². The Morgan fingerprint density at radius 3 is 1.67 bits per heavy atom. The summed E-state index contributed by atoms with van der Waals surface area (Å²) in [5.74, 6) is 0. The first kappa shape index (κ1) is 16.8. The van der Waals surface area contributed by atoms with Crippen molar-refractivity contribution in [2.75, 3.05) is 0 Å². The van der Waals surface area contributed by atoms with Gasteiger partial charge in [0.2, 0.25) is 0 Å². The van der Waals surface area contributed by atoms with Crippen LogP contribution in [0, 0.1) is 6.55 Å². The van der Waals surface area contributed by atoms with Gasteiger partial charge in [0, 0.05) is 8.07 Å². The standard InChI is InChI=1S/C5H15Si2.ClH.Mg/c1-6-5-7(2,3)4;;/h1,5-6H2,2-4H3;1H;/q-1;;+2/p-1. The number of hydrogen-bond acceptors (Lipinski definition) is 0. The monoisotopic (exact) mass is 190 g/mol. The Bertz CT molecular complexity index is 53.4. The van der Waals surface area contributed by atoms with Crippen LogP contribution in [0.15, 0.2) is 0 Å². The molecule has 0 rings (SSSR count). The Balaban J connectivity index is -0.000000180. The van der Waals surface area contributed by atoms with Crippen LogP contribution in [0.2, 0.25) is 25.3 Å². The fourth-order valence-electron chi connectivity index (χ4n) is 0.530. The molecule has 0 N–H and O–H groups in total. The van der Waals surface area contributed by atoms with Crippen molar-refractivity contribution in [2.24, 2.45) is 0 Å². The maximum atomic E-state index is 3.94. The normalized spacial score (nSPS) is 10.7. The molecule has 0 saturated carbocycles. The summed E-state index contributed by atoms with van der Waals surface area (Å²) < 4.78 is 0. The maximum Gasteiger partial charge on any atom is 2.00 e. The van der Waals surface area contributed by atoms with E-state index < -0.39 is 8.07 Å². The zero-order chi connectivity index (χ0) is 5.91.